The van der Waals surface area contributed by atoms with Gasteiger partial charge in [0.25, 0.3) is 0 Å². The van der Waals surface area contributed by atoms with Gasteiger partial charge < -0.3 is 10.1 Å². The molecule has 1 aliphatic heterocycles. The summed E-state index contributed by atoms with van der Waals surface area (Å²) in [4.78, 5) is 11.9. The lowest BCUT2D eigenvalue weighted by atomic mass is 10.0. The Hall–Kier alpha value is -0.690. The van der Waals surface area contributed by atoms with Gasteiger partial charge in [-0.1, -0.05) is 0 Å². The first-order valence-electron chi connectivity index (χ1n) is 5.50. The van der Waals surface area contributed by atoms with Gasteiger partial charge in [-0.25, -0.2) is 4.39 Å². The number of halogens is 2. The maximum atomic E-state index is 12.9. The van der Waals surface area contributed by atoms with Gasteiger partial charge in [-0.15, -0.1) is 0 Å². The average Bonchev–Trinajstić information content (AvgIpc) is 2.34. The minimum Gasteiger partial charge on any atom is -0.381 e. The molecule has 3 nitrogen and oxygen atoms in total. The number of nitrogens with one attached hydrogen (secondary N) is 1. The summed E-state index contributed by atoms with van der Waals surface area (Å²) in [6.45, 7) is 1.21. The highest BCUT2D eigenvalue weighted by molar-refractivity contribution is 14.1. The van der Waals surface area contributed by atoms with Gasteiger partial charge in [0.1, 0.15) is 5.82 Å². The Balaban J connectivity index is 2.02. The molecule has 2 rings (SSSR count). The van der Waals surface area contributed by atoms with Crippen molar-refractivity contribution in [2.75, 3.05) is 18.5 Å². The molecule has 0 spiro atoms. The van der Waals surface area contributed by atoms with Crippen LogP contribution in [0, 0.1) is 15.3 Å². The zero-order valence-electron chi connectivity index (χ0n) is 9.21. The summed E-state index contributed by atoms with van der Waals surface area (Å²) in [5.41, 5.74) is 0.655. The molecule has 1 amide bonds. The van der Waals surface area contributed by atoms with Gasteiger partial charge in [0.15, 0.2) is 0 Å². The van der Waals surface area contributed by atoms with Crippen LogP contribution >= 0.6 is 22.6 Å². The van der Waals surface area contributed by atoms with Crippen LogP contribution in [-0.2, 0) is 9.53 Å². The number of hydrogen-bond acceptors (Lipinski definition) is 2. The lowest BCUT2D eigenvalue weighted by Gasteiger charge is -2.21. The first-order valence-corrected chi connectivity index (χ1v) is 6.58. The molecule has 0 aromatic heterocycles. The van der Waals surface area contributed by atoms with Gasteiger partial charge in [-0.3, -0.25) is 4.79 Å². The minimum atomic E-state index is -0.298. The maximum absolute atomic E-state index is 12.9. The van der Waals surface area contributed by atoms with Gasteiger partial charge >= 0.3 is 0 Å². The quantitative estimate of drug-likeness (QED) is 0.834. The molecule has 92 valence electrons. The van der Waals surface area contributed by atoms with Gasteiger partial charge in [-0.05, 0) is 53.6 Å². The fraction of sp³-hybridized carbons (Fsp3) is 0.417. The van der Waals surface area contributed by atoms with Crippen LogP contribution in [0.15, 0.2) is 18.2 Å². The second kappa shape index (κ2) is 5.77. The molecule has 0 radical (unpaired) electrons. The monoisotopic (exact) mass is 349 g/mol. The highest BCUT2D eigenvalue weighted by Gasteiger charge is 2.22. The molecule has 1 aliphatic rings. The highest BCUT2D eigenvalue weighted by atomic mass is 127. The van der Waals surface area contributed by atoms with E-state index in [0.717, 1.165) is 19.4 Å². The predicted octanol–water partition coefficient (Wildman–Crippen LogP) is 2.80. The molecule has 17 heavy (non-hydrogen) atoms. The van der Waals surface area contributed by atoms with Gasteiger partial charge in [0.05, 0.1) is 18.2 Å². The molecule has 1 aromatic carbocycles. The van der Waals surface area contributed by atoms with Crippen LogP contribution in [0.2, 0.25) is 0 Å². The lowest BCUT2D eigenvalue weighted by Crippen LogP contribution is -2.30. The topological polar surface area (TPSA) is 38.3 Å². The van der Waals surface area contributed by atoms with Crippen molar-refractivity contribution >= 4 is 34.2 Å². The van der Waals surface area contributed by atoms with Crippen molar-refractivity contribution in [2.45, 2.75) is 12.8 Å². The Kier molecular flexibility index (Phi) is 4.33. The van der Waals surface area contributed by atoms with Crippen LogP contribution in [0.25, 0.3) is 0 Å². The summed E-state index contributed by atoms with van der Waals surface area (Å²) >= 11 is 2.00. The first-order chi connectivity index (χ1) is 8.16. The van der Waals surface area contributed by atoms with Crippen LogP contribution in [0.4, 0.5) is 10.1 Å². The van der Waals surface area contributed by atoms with Crippen LogP contribution in [0.1, 0.15) is 12.8 Å². The number of amides is 1. The minimum absolute atomic E-state index is 0.0470. The summed E-state index contributed by atoms with van der Waals surface area (Å²) < 4.78 is 18.9. The van der Waals surface area contributed by atoms with E-state index in [1.807, 2.05) is 22.6 Å². The van der Waals surface area contributed by atoms with Crippen LogP contribution in [-0.4, -0.2) is 19.1 Å². The third-order valence-corrected chi connectivity index (χ3v) is 3.61. The number of rotatable bonds is 2. The van der Waals surface area contributed by atoms with Crippen molar-refractivity contribution in [3.05, 3.63) is 27.6 Å². The summed E-state index contributed by atoms with van der Waals surface area (Å²) in [5.74, 6) is -0.438. The van der Waals surface area contributed by atoms with E-state index in [1.54, 1.807) is 6.07 Å². The smallest absolute Gasteiger partial charge is 0.229 e. The first kappa shape index (κ1) is 12.8. The van der Waals surface area contributed by atoms with E-state index in [9.17, 15) is 9.18 Å². The van der Waals surface area contributed by atoms with Gasteiger partial charge in [0.2, 0.25) is 5.91 Å². The Labute approximate surface area is 113 Å². The molecule has 1 atom stereocenters. The predicted molar refractivity (Wildman–Crippen MR) is 71.3 cm³/mol. The fourth-order valence-electron chi connectivity index (χ4n) is 1.77. The van der Waals surface area contributed by atoms with Gasteiger partial charge in [-0.2, -0.15) is 0 Å². The largest absolute Gasteiger partial charge is 0.381 e. The number of anilines is 1. The second-order valence-corrected chi connectivity index (χ2v) is 5.19. The Bertz CT molecular complexity index is 419. The van der Waals surface area contributed by atoms with Crippen LogP contribution in [0.5, 0.6) is 0 Å². The van der Waals surface area contributed by atoms with Gasteiger partial charge in [0, 0.05) is 10.2 Å². The lowest BCUT2D eigenvalue weighted by molar-refractivity contribution is -0.123. The third kappa shape index (κ3) is 3.38. The molecule has 0 aliphatic carbocycles. The Morgan fingerprint density at radius 1 is 1.53 bits per heavy atom. The van der Waals surface area contributed by atoms with E-state index in [1.165, 1.54) is 12.1 Å². The number of hydrogen-bond donors (Lipinski definition) is 1. The number of ether oxygens (including phenoxy) is 1. The molecule has 1 N–H and O–H groups in total. The molecule has 1 heterocycles. The fourth-order valence-corrected chi connectivity index (χ4v) is 2.39. The molecular weight excluding hydrogens is 336 g/mol. The standard InChI is InChI=1S/C12H13FINO2/c13-9-3-4-11(10(14)6-9)15-12(16)8-2-1-5-17-7-8/h3-4,6,8H,1-2,5,7H2,(H,15,16)/t8-/m0/s1. The van der Waals surface area contributed by atoms with Crippen molar-refractivity contribution in [1.29, 1.82) is 0 Å². The van der Waals surface area contributed by atoms with Crippen LogP contribution < -0.4 is 5.32 Å². The summed E-state index contributed by atoms with van der Waals surface area (Å²) in [7, 11) is 0. The van der Waals surface area contributed by atoms with E-state index in [-0.39, 0.29) is 17.6 Å². The summed E-state index contributed by atoms with van der Waals surface area (Å²) in [6.07, 6.45) is 1.77. The van der Waals surface area contributed by atoms with Crippen molar-refractivity contribution < 1.29 is 13.9 Å². The molecule has 5 heteroatoms. The molecular formula is C12H13FINO2. The molecule has 0 unspecified atom stereocenters. The zero-order chi connectivity index (χ0) is 12.3. The van der Waals surface area contributed by atoms with Crippen molar-refractivity contribution in [3.8, 4) is 0 Å². The molecule has 0 saturated carbocycles. The average molecular weight is 349 g/mol. The second-order valence-electron chi connectivity index (χ2n) is 4.03. The van der Waals surface area contributed by atoms with E-state index in [4.69, 9.17) is 4.74 Å². The summed E-state index contributed by atoms with van der Waals surface area (Å²) in [6, 6.07) is 4.32. The van der Waals surface area contributed by atoms with E-state index < -0.39 is 0 Å². The van der Waals surface area contributed by atoms with Crippen molar-refractivity contribution in [2.24, 2.45) is 5.92 Å². The number of carbonyl (C=O) groups excluding carboxylic acids is 1. The molecule has 1 aromatic rings. The maximum Gasteiger partial charge on any atom is 0.229 e. The molecule has 0 bridgehead atoms. The Morgan fingerprint density at radius 3 is 3.00 bits per heavy atom. The van der Waals surface area contributed by atoms with Crippen molar-refractivity contribution in [1.82, 2.24) is 0 Å². The molecule has 1 fully saturated rings. The molecule has 1 saturated heterocycles. The number of carbonyl (C=O) groups is 1. The SMILES string of the molecule is O=C(Nc1ccc(F)cc1I)[C@H]1CCCOC1. The highest BCUT2D eigenvalue weighted by Crippen LogP contribution is 2.21. The van der Waals surface area contributed by atoms with E-state index in [2.05, 4.69) is 5.32 Å². The normalized spacial score (nSPS) is 20.0. The third-order valence-electron chi connectivity index (χ3n) is 2.72. The van der Waals surface area contributed by atoms with Crippen LogP contribution in [0.3, 0.4) is 0 Å². The van der Waals surface area contributed by atoms with E-state index in [0.29, 0.717) is 15.9 Å². The summed E-state index contributed by atoms with van der Waals surface area (Å²) in [5, 5.41) is 2.81. The van der Waals surface area contributed by atoms with E-state index >= 15 is 0 Å². The van der Waals surface area contributed by atoms with Crippen molar-refractivity contribution in [3.63, 3.8) is 0 Å². The zero-order valence-corrected chi connectivity index (χ0v) is 11.4. The Morgan fingerprint density at radius 2 is 2.35 bits per heavy atom. The number of benzene rings is 1.